The van der Waals surface area contributed by atoms with E-state index in [0.29, 0.717) is 5.13 Å². The number of carboxylic acid groups (broad SMARTS) is 1. The van der Waals surface area contributed by atoms with Gasteiger partial charge in [0.25, 0.3) is 0 Å². The summed E-state index contributed by atoms with van der Waals surface area (Å²) >= 11 is 1.39. The van der Waals surface area contributed by atoms with Crippen LogP contribution in [0.5, 0.6) is 0 Å². The first kappa shape index (κ1) is 13.4. The molecule has 0 bridgehead atoms. The lowest BCUT2D eigenvalue weighted by molar-refractivity contribution is -0.137. The number of nitrogens with one attached hydrogen (secondary N) is 1. The first-order valence-electron chi connectivity index (χ1n) is 5.14. The molecule has 94 valence electrons. The molecule has 0 radical (unpaired) electrons. The predicted molar refractivity (Wildman–Crippen MR) is 65.5 cm³/mol. The molecule has 7 heteroatoms. The van der Waals surface area contributed by atoms with Gasteiger partial charge in [-0.25, -0.2) is 9.78 Å². The molecule has 0 aliphatic rings. The van der Waals surface area contributed by atoms with Crippen molar-refractivity contribution in [3.63, 3.8) is 0 Å². The molecule has 6 nitrogen and oxygen atoms in total. The van der Waals surface area contributed by atoms with Crippen LogP contribution in [0.1, 0.15) is 17.5 Å². The summed E-state index contributed by atoms with van der Waals surface area (Å²) in [6.07, 6.45) is 0.809. The first-order valence-corrected chi connectivity index (χ1v) is 5.96. The molecule has 0 fully saturated rings. The van der Waals surface area contributed by atoms with Crippen molar-refractivity contribution in [3.8, 4) is 0 Å². The lowest BCUT2D eigenvalue weighted by Gasteiger charge is -2.13. The van der Waals surface area contributed by atoms with E-state index in [1.54, 1.807) is 0 Å². The number of likely N-dealkylation sites (N-methyl/N-ethyl adjacent to an activating group) is 1. The highest BCUT2D eigenvalue weighted by atomic mass is 32.1. The van der Waals surface area contributed by atoms with Gasteiger partial charge < -0.3 is 10.0 Å². The van der Waals surface area contributed by atoms with Crippen molar-refractivity contribution in [2.75, 3.05) is 18.9 Å². The van der Waals surface area contributed by atoms with Gasteiger partial charge >= 0.3 is 12.0 Å². The van der Waals surface area contributed by atoms with Crippen LogP contribution in [-0.2, 0) is 11.2 Å². The third-order valence-corrected chi connectivity index (χ3v) is 3.09. The number of hydrogen-bond donors (Lipinski definition) is 2. The minimum Gasteiger partial charge on any atom is -0.480 e. The number of aryl methyl sites for hydroxylation is 2. The molecule has 0 saturated carbocycles. The Bertz CT molecular complexity index is 430. The molecule has 2 amide bonds. The number of aromatic nitrogens is 1. The lowest BCUT2D eigenvalue weighted by atomic mass is 10.3. The molecule has 0 saturated heterocycles. The van der Waals surface area contributed by atoms with Gasteiger partial charge in [0, 0.05) is 11.9 Å². The molecule has 0 spiro atoms. The van der Waals surface area contributed by atoms with Gasteiger partial charge in [-0.3, -0.25) is 10.1 Å². The van der Waals surface area contributed by atoms with E-state index in [1.807, 2.05) is 13.8 Å². The maximum absolute atomic E-state index is 11.6. The largest absolute Gasteiger partial charge is 0.480 e. The monoisotopic (exact) mass is 257 g/mol. The molecule has 0 aliphatic carbocycles. The third kappa shape index (κ3) is 3.70. The molecule has 2 N–H and O–H groups in total. The number of aliphatic carboxylic acids is 1. The van der Waals surface area contributed by atoms with E-state index in [4.69, 9.17) is 5.11 Å². The zero-order valence-corrected chi connectivity index (χ0v) is 10.8. The molecule has 0 aliphatic heterocycles. The van der Waals surface area contributed by atoms with Crippen LogP contribution in [0.15, 0.2) is 0 Å². The third-order valence-electron chi connectivity index (χ3n) is 2.16. The van der Waals surface area contributed by atoms with E-state index in [1.165, 1.54) is 18.4 Å². The Balaban J connectivity index is 2.64. The van der Waals surface area contributed by atoms with E-state index >= 15 is 0 Å². The second kappa shape index (κ2) is 5.62. The van der Waals surface area contributed by atoms with Crippen LogP contribution < -0.4 is 5.32 Å². The topological polar surface area (TPSA) is 82.5 Å². The highest BCUT2D eigenvalue weighted by molar-refractivity contribution is 7.15. The summed E-state index contributed by atoms with van der Waals surface area (Å²) in [5.74, 6) is -1.05. The number of carboxylic acids is 1. The van der Waals surface area contributed by atoms with Crippen molar-refractivity contribution < 1.29 is 14.7 Å². The maximum atomic E-state index is 11.6. The number of amides is 2. The second-order valence-corrected chi connectivity index (χ2v) is 4.76. The van der Waals surface area contributed by atoms with Gasteiger partial charge in [0.15, 0.2) is 5.13 Å². The van der Waals surface area contributed by atoms with Crippen molar-refractivity contribution in [2.24, 2.45) is 0 Å². The summed E-state index contributed by atoms with van der Waals surface area (Å²) in [5.41, 5.74) is 0.950. The highest BCUT2D eigenvalue weighted by Crippen LogP contribution is 2.22. The standard InChI is InChI=1S/C10H15N3O3S/c1-4-7-6(2)17-9(11-7)12-10(16)13(3)5-8(14)15/h4-5H2,1-3H3,(H,14,15)(H,11,12,16). The fourth-order valence-electron chi connectivity index (χ4n) is 1.27. The van der Waals surface area contributed by atoms with Crippen LogP contribution in [-0.4, -0.2) is 40.6 Å². The molecule has 17 heavy (non-hydrogen) atoms. The average molecular weight is 257 g/mol. The number of carbonyl (C=O) groups excluding carboxylic acids is 1. The summed E-state index contributed by atoms with van der Waals surface area (Å²) in [5, 5.41) is 11.6. The van der Waals surface area contributed by atoms with Gasteiger partial charge in [-0.05, 0) is 13.3 Å². The zero-order chi connectivity index (χ0) is 13.0. The van der Waals surface area contributed by atoms with Crippen LogP contribution in [0, 0.1) is 6.92 Å². The van der Waals surface area contributed by atoms with E-state index in [0.717, 1.165) is 21.9 Å². The minimum absolute atomic E-state index is 0.336. The summed E-state index contributed by atoms with van der Waals surface area (Å²) in [7, 11) is 1.42. The molecule has 1 aromatic heterocycles. The predicted octanol–water partition coefficient (Wildman–Crippen LogP) is 1.56. The number of thiazole rings is 1. The van der Waals surface area contributed by atoms with E-state index < -0.39 is 12.0 Å². The normalized spacial score (nSPS) is 10.1. The fraction of sp³-hybridized carbons (Fsp3) is 0.500. The smallest absolute Gasteiger partial charge is 0.323 e. The number of urea groups is 1. The Hall–Kier alpha value is -1.63. The molecular weight excluding hydrogens is 242 g/mol. The molecule has 1 heterocycles. The van der Waals surface area contributed by atoms with Crippen molar-refractivity contribution in [2.45, 2.75) is 20.3 Å². The molecule has 0 atom stereocenters. The van der Waals surface area contributed by atoms with Crippen LogP contribution in [0.4, 0.5) is 9.93 Å². The second-order valence-electron chi connectivity index (χ2n) is 3.56. The molecule has 0 unspecified atom stereocenters. The van der Waals surface area contributed by atoms with Gasteiger partial charge in [0.05, 0.1) is 5.69 Å². The first-order chi connectivity index (χ1) is 7.93. The number of anilines is 1. The number of carbonyl (C=O) groups is 2. The van der Waals surface area contributed by atoms with E-state index in [2.05, 4.69) is 10.3 Å². The Morgan fingerprint density at radius 3 is 2.65 bits per heavy atom. The van der Waals surface area contributed by atoms with Crippen molar-refractivity contribution in [1.29, 1.82) is 0 Å². The zero-order valence-electron chi connectivity index (χ0n) is 9.98. The molecule has 0 aromatic carbocycles. The van der Waals surface area contributed by atoms with Crippen LogP contribution in [0.25, 0.3) is 0 Å². The van der Waals surface area contributed by atoms with E-state index in [-0.39, 0.29) is 6.54 Å². The van der Waals surface area contributed by atoms with Crippen molar-refractivity contribution in [3.05, 3.63) is 10.6 Å². The Labute approximate surface area is 103 Å². The maximum Gasteiger partial charge on any atom is 0.323 e. The summed E-state index contributed by atoms with van der Waals surface area (Å²) in [6.45, 7) is 3.59. The summed E-state index contributed by atoms with van der Waals surface area (Å²) < 4.78 is 0. The average Bonchev–Trinajstić information content (AvgIpc) is 2.57. The van der Waals surface area contributed by atoms with Crippen molar-refractivity contribution in [1.82, 2.24) is 9.88 Å². The SMILES string of the molecule is CCc1nc(NC(=O)N(C)CC(=O)O)sc1C. The van der Waals surface area contributed by atoms with Gasteiger partial charge in [-0.15, -0.1) is 11.3 Å². The number of hydrogen-bond acceptors (Lipinski definition) is 4. The Morgan fingerprint density at radius 1 is 1.53 bits per heavy atom. The van der Waals surface area contributed by atoms with Crippen molar-refractivity contribution >= 4 is 28.5 Å². The highest BCUT2D eigenvalue weighted by Gasteiger charge is 2.14. The Morgan fingerprint density at radius 2 is 2.18 bits per heavy atom. The van der Waals surface area contributed by atoms with Crippen LogP contribution in [0.3, 0.4) is 0 Å². The van der Waals surface area contributed by atoms with Crippen LogP contribution in [0.2, 0.25) is 0 Å². The number of rotatable bonds is 4. The Kier molecular flexibility index (Phi) is 4.45. The summed E-state index contributed by atoms with van der Waals surface area (Å²) in [4.78, 5) is 28.4. The lowest BCUT2D eigenvalue weighted by Crippen LogP contribution is -2.35. The fourth-order valence-corrected chi connectivity index (χ4v) is 2.16. The van der Waals surface area contributed by atoms with Gasteiger partial charge in [0.1, 0.15) is 6.54 Å². The quantitative estimate of drug-likeness (QED) is 0.857. The molecule has 1 rings (SSSR count). The van der Waals surface area contributed by atoms with Gasteiger partial charge in [-0.2, -0.15) is 0 Å². The van der Waals surface area contributed by atoms with Gasteiger partial charge in [0.2, 0.25) is 0 Å². The van der Waals surface area contributed by atoms with Crippen LogP contribution >= 0.6 is 11.3 Å². The van der Waals surface area contributed by atoms with Gasteiger partial charge in [-0.1, -0.05) is 6.92 Å². The number of nitrogens with zero attached hydrogens (tertiary/aromatic N) is 2. The minimum atomic E-state index is -1.05. The molecule has 1 aromatic rings. The molecular formula is C10H15N3O3S. The summed E-state index contributed by atoms with van der Waals surface area (Å²) in [6, 6.07) is -0.469. The van der Waals surface area contributed by atoms with E-state index in [9.17, 15) is 9.59 Å².